The van der Waals surface area contributed by atoms with E-state index in [-0.39, 0.29) is 18.0 Å². The van der Waals surface area contributed by atoms with Crippen molar-refractivity contribution >= 4 is 16.8 Å². The van der Waals surface area contributed by atoms with Crippen LogP contribution in [0.25, 0.3) is 22.2 Å². The zero-order valence-corrected chi connectivity index (χ0v) is 16.7. The van der Waals surface area contributed by atoms with Gasteiger partial charge in [0.05, 0.1) is 23.9 Å². The van der Waals surface area contributed by atoms with Crippen LogP contribution in [-0.2, 0) is 0 Å². The van der Waals surface area contributed by atoms with Crippen LogP contribution in [0.5, 0.6) is 5.75 Å². The van der Waals surface area contributed by atoms with Crippen molar-refractivity contribution in [2.24, 2.45) is 0 Å². The molecule has 4 nitrogen and oxygen atoms in total. The van der Waals surface area contributed by atoms with Gasteiger partial charge in [0.15, 0.2) is 0 Å². The van der Waals surface area contributed by atoms with Crippen LogP contribution in [0.2, 0.25) is 0 Å². The van der Waals surface area contributed by atoms with Crippen molar-refractivity contribution in [3.63, 3.8) is 0 Å². The fourth-order valence-corrected chi connectivity index (χ4v) is 4.22. The fraction of sp³-hybridized carbons (Fsp3) is 0.333. The molecule has 144 valence electrons. The number of pyridine rings is 1. The Morgan fingerprint density at radius 3 is 2.39 bits per heavy atom. The molecule has 0 aliphatic carbocycles. The first-order chi connectivity index (χ1) is 13.6. The number of hydrogen-bond donors (Lipinski definition) is 0. The molecule has 2 heterocycles. The van der Waals surface area contributed by atoms with Crippen LogP contribution in [0.3, 0.4) is 0 Å². The highest BCUT2D eigenvalue weighted by Gasteiger charge is 2.30. The van der Waals surface area contributed by atoms with E-state index in [9.17, 15) is 4.79 Å². The van der Waals surface area contributed by atoms with Crippen molar-refractivity contribution in [1.29, 1.82) is 0 Å². The van der Waals surface area contributed by atoms with E-state index in [1.165, 1.54) is 6.42 Å². The van der Waals surface area contributed by atoms with E-state index in [1.54, 1.807) is 7.11 Å². The number of aromatic nitrogens is 1. The van der Waals surface area contributed by atoms with Gasteiger partial charge in [0.25, 0.3) is 5.91 Å². The van der Waals surface area contributed by atoms with Gasteiger partial charge in [-0.3, -0.25) is 4.79 Å². The van der Waals surface area contributed by atoms with Crippen LogP contribution in [0.4, 0.5) is 0 Å². The zero-order valence-electron chi connectivity index (χ0n) is 16.7. The van der Waals surface area contributed by atoms with Crippen molar-refractivity contribution in [3.05, 3.63) is 60.2 Å². The summed E-state index contributed by atoms with van der Waals surface area (Å²) in [5.74, 6) is 0.907. The van der Waals surface area contributed by atoms with E-state index in [1.807, 2.05) is 54.6 Å². The van der Waals surface area contributed by atoms with E-state index < -0.39 is 0 Å². The minimum absolute atomic E-state index is 0.105. The number of nitrogens with zero attached hydrogens (tertiary/aromatic N) is 2. The van der Waals surface area contributed by atoms with Gasteiger partial charge < -0.3 is 9.64 Å². The highest BCUT2D eigenvalue weighted by Crippen LogP contribution is 2.30. The van der Waals surface area contributed by atoms with Gasteiger partial charge >= 0.3 is 0 Å². The van der Waals surface area contributed by atoms with Gasteiger partial charge in [-0.1, -0.05) is 18.2 Å². The molecule has 0 N–H and O–H groups in total. The molecule has 2 aromatic carbocycles. The third-order valence-corrected chi connectivity index (χ3v) is 5.76. The highest BCUT2D eigenvalue weighted by atomic mass is 16.5. The number of likely N-dealkylation sites (tertiary alicyclic amines) is 1. The molecule has 1 aliphatic rings. The maximum atomic E-state index is 13.6. The summed E-state index contributed by atoms with van der Waals surface area (Å²) in [6.45, 7) is 4.31. The van der Waals surface area contributed by atoms with Gasteiger partial charge in [0.2, 0.25) is 0 Å². The molecule has 3 aromatic rings. The third kappa shape index (κ3) is 3.35. The molecule has 4 heteroatoms. The average molecular weight is 374 g/mol. The molecule has 4 rings (SSSR count). The Bertz CT molecular complexity index is 987. The lowest BCUT2D eigenvalue weighted by molar-refractivity contribution is 0.0513. The van der Waals surface area contributed by atoms with E-state index in [4.69, 9.17) is 9.72 Å². The maximum Gasteiger partial charge on any atom is 0.255 e. The molecule has 1 fully saturated rings. The number of methoxy groups -OCH3 is 1. The van der Waals surface area contributed by atoms with E-state index >= 15 is 0 Å². The Hall–Kier alpha value is -2.88. The Morgan fingerprint density at radius 1 is 1.04 bits per heavy atom. The van der Waals surface area contributed by atoms with Crippen molar-refractivity contribution < 1.29 is 9.53 Å². The number of fused-ring (bicyclic) bond motifs is 1. The molecule has 0 bridgehead atoms. The van der Waals surface area contributed by atoms with E-state index in [0.29, 0.717) is 0 Å². The first-order valence-electron chi connectivity index (χ1n) is 9.95. The molecule has 0 spiro atoms. The predicted octanol–water partition coefficient (Wildman–Crippen LogP) is 5.31. The van der Waals surface area contributed by atoms with Gasteiger partial charge in [-0.2, -0.15) is 0 Å². The van der Waals surface area contributed by atoms with Gasteiger partial charge in [0, 0.05) is 23.0 Å². The Kier molecular flexibility index (Phi) is 5.03. The molecule has 1 aliphatic heterocycles. The lowest BCUT2D eigenvalue weighted by Gasteiger charge is -2.39. The molecule has 1 saturated heterocycles. The lowest BCUT2D eigenvalue weighted by atomic mass is 9.95. The molecule has 2 atom stereocenters. The van der Waals surface area contributed by atoms with Crippen molar-refractivity contribution in [3.8, 4) is 17.0 Å². The number of rotatable bonds is 3. The quantitative estimate of drug-likeness (QED) is 0.624. The molecule has 1 aromatic heterocycles. The van der Waals surface area contributed by atoms with Gasteiger partial charge in [-0.25, -0.2) is 4.98 Å². The van der Waals surface area contributed by atoms with E-state index in [2.05, 4.69) is 18.7 Å². The smallest absolute Gasteiger partial charge is 0.255 e. The summed E-state index contributed by atoms with van der Waals surface area (Å²) in [5, 5.41) is 0.912. The Labute approximate surface area is 166 Å². The number of para-hydroxylation sites is 1. The Morgan fingerprint density at radius 2 is 1.71 bits per heavy atom. The minimum Gasteiger partial charge on any atom is -0.497 e. The zero-order chi connectivity index (χ0) is 19.7. The topological polar surface area (TPSA) is 42.4 Å². The van der Waals surface area contributed by atoms with Crippen LogP contribution in [0, 0.1) is 0 Å². The highest BCUT2D eigenvalue weighted by molar-refractivity contribution is 6.07. The average Bonchev–Trinajstić information content (AvgIpc) is 2.72. The van der Waals surface area contributed by atoms with Crippen LogP contribution < -0.4 is 4.74 Å². The van der Waals surface area contributed by atoms with Crippen molar-refractivity contribution in [2.45, 2.75) is 45.2 Å². The summed E-state index contributed by atoms with van der Waals surface area (Å²) in [6, 6.07) is 18.2. The first-order valence-corrected chi connectivity index (χ1v) is 9.95. The molecular weight excluding hydrogens is 348 g/mol. The first kappa shape index (κ1) is 18.5. The number of piperidine rings is 1. The van der Waals surface area contributed by atoms with Crippen LogP contribution in [0.15, 0.2) is 54.6 Å². The summed E-state index contributed by atoms with van der Waals surface area (Å²) in [4.78, 5) is 20.5. The van der Waals surface area contributed by atoms with E-state index in [0.717, 1.165) is 46.3 Å². The monoisotopic (exact) mass is 374 g/mol. The molecule has 0 radical (unpaired) electrons. The second-order valence-electron chi connectivity index (χ2n) is 7.64. The van der Waals surface area contributed by atoms with Gasteiger partial charge in [0.1, 0.15) is 5.75 Å². The predicted molar refractivity (Wildman–Crippen MR) is 113 cm³/mol. The maximum absolute atomic E-state index is 13.6. The SMILES string of the molecule is COc1ccc(-c2cc(C(=O)N3C(C)CCCC3C)c3ccccc3n2)cc1. The lowest BCUT2D eigenvalue weighted by Crippen LogP contribution is -2.47. The summed E-state index contributed by atoms with van der Waals surface area (Å²) < 4.78 is 5.26. The van der Waals surface area contributed by atoms with Crippen molar-refractivity contribution in [2.75, 3.05) is 7.11 Å². The van der Waals surface area contributed by atoms with Gasteiger partial charge in [-0.15, -0.1) is 0 Å². The van der Waals surface area contributed by atoms with Crippen LogP contribution in [-0.4, -0.2) is 35.0 Å². The summed E-state index contributed by atoms with van der Waals surface area (Å²) in [5.41, 5.74) is 3.36. The number of carbonyl (C=O) groups is 1. The van der Waals surface area contributed by atoms with Gasteiger partial charge in [-0.05, 0) is 69.5 Å². The summed E-state index contributed by atoms with van der Waals surface area (Å²) >= 11 is 0. The number of carbonyl (C=O) groups excluding carboxylic acids is 1. The fourth-order valence-electron chi connectivity index (χ4n) is 4.22. The third-order valence-electron chi connectivity index (χ3n) is 5.76. The molecular formula is C24H26N2O2. The number of amides is 1. The number of ether oxygens (including phenoxy) is 1. The van der Waals surface area contributed by atoms with Crippen LogP contribution in [0.1, 0.15) is 43.5 Å². The summed E-state index contributed by atoms with van der Waals surface area (Å²) in [6.07, 6.45) is 3.30. The molecule has 28 heavy (non-hydrogen) atoms. The molecule has 1 amide bonds. The standard InChI is InChI=1S/C24H26N2O2/c1-16-7-6-8-17(2)26(16)24(27)21-15-23(18-11-13-19(28-3)14-12-18)25-22-10-5-4-9-20(21)22/h4-5,9-17H,6-8H2,1-3H3. The van der Waals surface area contributed by atoms with Crippen molar-refractivity contribution in [1.82, 2.24) is 9.88 Å². The minimum atomic E-state index is 0.105. The summed E-state index contributed by atoms with van der Waals surface area (Å²) in [7, 11) is 1.65. The second kappa shape index (κ2) is 7.63. The normalized spacial score (nSPS) is 19.6. The Balaban J connectivity index is 1.83. The molecule has 0 saturated carbocycles. The molecule has 2 unspecified atom stereocenters. The number of hydrogen-bond acceptors (Lipinski definition) is 3. The number of benzene rings is 2. The van der Waals surface area contributed by atoms with Crippen LogP contribution >= 0.6 is 0 Å². The second-order valence-corrected chi connectivity index (χ2v) is 7.64. The largest absolute Gasteiger partial charge is 0.497 e.